The summed E-state index contributed by atoms with van der Waals surface area (Å²) in [5, 5.41) is 0. The summed E-state index contributed by atoms with van der Waals surface area (Å²) in [6.45, 7) is 0. The summed E-state index contributed by atoms with van der Waals surface area (Å²) >= 11 is 1.65. The van der Waals surface area contributed by atoms with Crippen LogP contribution in [0, 0.1) is 11.6 Å². The molecule has 4 rings (SSSR count). The van der Waals surface area contributed by atoms with Gasteiger partial charge in [-0.05, 0) is 49.3 Å². The van der Waals surface area contributed by atoms with Crippen LogP contribution in [-0.4, -0.2) is 21.2 Å². The van der Waals surface area contributed by atoms with Gasteiger partial charge in [-0.1, -0.05) is 6.07 Å². The maximum absolute atomic E-state index is 14.1. The van der Waals surface area contributed by atoms with Crippen molar-refractivity contribution in [2.45, 2.75) is 30.9 Å². The molecule has 1 aliphatic carbocycles. The molecular weight excluding hydrogens is 432 g/mol. The van der Waals surface area contributed by atoms with Gasteiger partial charge in [0, 0.05) is 29.3 Å². The van der Waals surface area contributed by atoms with Crippen molar-refractivity contribution in [1.29, 1.82) is 0 Å². The predicted octanol–water partition coefficient (Wildman–Crippen LogP) is 4.75. The maximum atomic E-state index is 14.1. The van der Waals surface area contributed by atoms with Gasteiger partial charge in [0.2, 0.25) is 5.89 Å². The number of nitrogens with zero attached hydrogens (tertiary/aromatic N) is 3. The summed E-state index contributed by atoms with van der Waals surface area (Å²) in [4.78, 5) is 13.4. The molecule has 1 atom stereocenters. The van der Waals surface area contributed by atoms with Crippen LogP contribution in [0.2, 0.25) is 0 Å². The van der Waals surface area contributed by atoms with Crippen LogP contribution < -0.4 is 11.5 Å². The van der Waals surface area contributed by atoms with Gasteiger partial charge in [0.25, 0.3) is 0 Å². The highest BCUT2D eigenvalue weighted by Crippen LogP contribution is 2.36. The third-order valence-electron chi connectivity index (χ3n) is 5.34. The molecule has 0 fully saturated rings. The minimum Gasteiger partial charge on any atom is -0.443 e. The summed E-state index contributed by atoms with van der Waals surface area (Å²) in [6, 6.07) is 3.65. The van der Waals surface area contributed by atoms with Gasteiger partial charge < -0.3 is 15.9 Å². The Morgan fingerprint density at radius 3 is 2.78 bits per heavy atom. The van der Waals surface area contributed by atoms with Crippen LogP contribution in [0.3, 0.4) is 0 Å². The van der Waals surface area contributed by atoms with Crippen molar-refractivity contribution in [3.8, 4) is 11.6 Å². The molecule has 6 nitrogen and oxygen atoms in total. The number of oxazole rings is 1. The van der Waals surface area contributed by atoms with E-state index in [2.05, 4.69) is 15.0 Å². The average molecular weight is 456 g/mol. The summed E-state index contributed by atoms with van der Waals surface area (Å²) in [5.41, 5.74) is 15.6. The van der Waals surface area contributed by atoms with E-state index < -0.39 is 11.6 Å². The van der Waals surface area contributed by atoms with Gasteiger partial charge in [0.05, 0.1) is 23.1 Å². The maximum Gasteiger partial charge on any atom is 0.246 e. The molecule has 1 aromatic carbocycles. The molecule has 2 heterocycles. The third kappa shape index (κ3) is 4.52. The second-order valence-electron chi connectivity index (χ2n) is 7.53. The molecule has 3 aromatic rings. The van der Waals surface area contributed by atoms with Crippen molar-refractivity contribution in [3.05, 3.63) is 82.8 Å². The highest BCUT2D eigenvalue weighted by atomic mass is 32.2. The lowest BCUT2D eigenvalue weighted by molar-refractivity contribution is 0.565. The smallest absolute Gasteiger partial charge is 0.246 e. The van der Waals surface area contributed by atoms with E-state index in [1.165, 1.54) is 18.2 Å². The molecule has 32 heavy (non-hydrogen) atoms. The molecule has 0 spiro atoms. The van der Waals surface area contributed by atoms with E-state index in [0.29, 0.717) is 29.4 Å². The molecule has 1 unspecified atom stereocenters. The quantitative estimate of drug-likeness (QED) is 0.553. The number of aromatic nitrogens is 3. The van der Waals surface area contributed by atoms with Crippen molar-refractivity contribution in [1.82, 2.24) is 15.0 Å². The molecule has 1 aliphatic rings. The molecule has 0 radical (unpaired) electrons. The molecule has 166 valence electrons. The Morgan fingerprint density at radius 2 is 2.03 bits per heavy atom. The van der Waals surface area contributed by atoms with Crippen LogP contribution in [0.15, 0.2) is 58.6 Å². The number of nitrogens with two attached hydrogens (primary N) is 2. The third-order valence-corrected chi connectivity index (χ3v) is 5.92. The summed E-state index contributed by atoms with van der Waals surface area (Å²) in [7, 11) is 0. The van der Waals surface area contributed by atoms with E-state index in [4.69, 9.17) is 15.9 Å². The lowest BCUT2D eigenvalue weighted by Crippen LogP contribution is -2.19. The molecule has 0 saturated heterocycles. The Labute approximate surface area is 188 Å². The largest absolute Gasteiger partial charge is 0.443 e. The molecule has 0 aliphatic heterocycles. The number of hydrogen-bond donors (Lipinski definition) is 2. The zero-order valence-corrected chi connectivity index (χ0v) is 18.3. The van der Waals surface area contributed by atoms with Crippen LogP contribution in [0.5, 0.6) is 0 Å². The van der Waals surface area contributed by atoms with Gasteiger partial charge in [-0.2, -0.15) is 11.8 Å². The van der Waals surface area contributed by atoms with Gasteiger partial charge >= 0.3 is 0 Å². The van der Waals surface area contributed by atoms with E-state index in [0.717, 1.165) is 29.9 Å². The Balaban J connectivity index is 1.65. The van der Waals surface area contributed by atoms with E-state index in [1.54, 1.807) is 36.5 Å². The summed E-state index contributed by atoms with van der Waals surface area (Å²) < 4.78 is 33.8. The minimum atomic E-state index is -0.712. The number of benzene rings is 1. The van der Waals surface area contributed by atoms with Crippen molar-refractivity contribution in [3.63, 3.8) is 0 Å². The standard InChI is InChI=1S/C23H23F2N5OS/c1-32-12-14-11-31-23(29-14)20-10-28-9-19(30-20)15-5-2-4-13(22(15)27)8-18(26)21-16(24)6-3-7-17(21)25/h3,6-11,15H,2,4-5,12,26-27H2,1H3/b18-8-. The minimum absolute atomic E-state index is 0.000133. The molecule has 0 saturated carbocycles. The molecule has 0 bridgehead atoms. The van der Waals surface area contributed by atoms with Crippen LogP contribution in [0.1, 0.15) is 42.1 Å². The van der Waals surface area contributed by atoms with E-state index in [1.807, 2.05) is 6.26 Å². The van der Waals surface area contributed by atoms with Crippen molar-refractivity contribution in [2.75, 3.05) is 6.26 Å². The monoisotopic (exact) mass is 455 g/mol. The predicted molar refractivity (Wildman–Crippen MR) is 121 cm³/mol. The Bertz CT molecular complexity index is 1170. The van der Waals surface area contributed by atoms with Gasteiger partial charge in [-0.15, -0.1) is 0 Å². The zero-order valence-electron chi connectivity index (χ0n) is 17.5. The SMILES string of the molecule is CSCc1coc(-c2cncc(C3CCCC(/C=C(\N)c4c(F)cccc4F)=C3N)n2)n1. The van der Waals surface area contributed by atoms with Gasteiger partial charge in [-0.25, -0.2) is 18.7 Å². The van der Waals surface area contributed by atoms with Crippen molar-refractivity contribution >= 4 is 17.5 Å². The molecule has 4 N–H and O–H groups in total. The highest BCUT2D eigenvalue weighted by molar-refractivity contribution is 7.97. The first-order valence-corrected chi connectivity index (χ1v) is 11.5. The fourth-order valence-corrected chi connectivity index (χ4v) is 4.24. The first-order valence-electron chi connectivity index (χ1n) is 10.1. The fraction of sp³-hybridized carbons (Fsp3) is 0.261. The van der Waals surface area contributed by atoms with Crippen LogP contribution in [0.4, 0.5) is 8.78 Å². The van der Waals surface area contributed by atoms with Gasteiger partial charge in [0.1, 0.15) is 23.6 Å². The molecule has 0 amide bonds. The highest BCUT2D eigenvalue weighted by Gasteiger charge is 2.25. The number of halogens is 2. The topological polar surface area (TPSA) is 104 Å². The summed E-state index contributed by atoms with van der Waals surface area (Å²) in [6.07, 6.45) is 10.7. The lowest BCUT2D eigenvalue weighted by atomic mass is 9.84. The Kier molecular flexibility index (Phi) is 6.55. The zero-order chi connectivity index (χ0) is 22.7. The number of rotatable bonds is 6. The first-order chi connectivity index (χ1) is 15.5. The second-order valence-corrected chi connectivity index (χ2v) is 8.39. The molecule has 2 aromatic heterocycles. The normalized spacial score (nSPS) is 17.1. The average Bonchev–Trinajstić information content (AvgIpc) is 3.24. The van der Waals surface area contributed by atoms with Crippen molar-refractivity contribution < 1.29 is 13.2 Å². The first kappa shape index (κ1) is 22.0. The van der Waals surface area contributed by atoms with Crippen LogP contribution >= 0.6 is 11.8 Å². The molecular formula is C23H23F2N5OS. The summed E-state index contributed by atoms with van der Waals surface area (Å²) in [5.74, 6) is -0.469. The number of hydrogen-bond acceptors (Lipinski definition) is 7. The van der Waals surface area contributed by atoms with Gasteiger partial charge in [0.15, 0.2) is 0 Å². The van der Waals surface area contributed by atoms with Crippen molar-refractivity contribution in [2.24, 2.45) is 11.5 Å². The Hall–Kier alpha value is -3.20. The van der Waals surface area contributed by atoms with Gasteiger partial charge in [-0.3, -0.25) is 4.98 Å². The number of allylic oxidation sites excluding steroid dienone is 3. The molecule has 9 heteroatoms. The van der Waals surface area contributed by atoms with Crippen LogP contribution in [0.25, 0.3) is 17.3 Å². The fourth-order valence-electron chi connectivity index (χ4n) is 3.81. The van der Waals surface area contributed by atoms with E-state index in [9.17, 15) is 8.78 Å². The van der Waals surface area contributed by atoms with Crippen LogP contribution in [-0.2, 0) is 5.75 Å². The van der Waals surface area contributed by atoms with E-state index in [-0.39, 0.29) is 17.2 Å². The second kappa shape index (κ2) is 9.52. The lowest BCUT2D eigenvalue weighted by Gasteiger charge is -2.25. The van der Waals surface area contributed by atoms with E-state index >= 15 is 0 Å². The number of thioether (sulfide) groups is 1. The Morgan fingerprint density at radius 1 is 1.25 bits per heavy atom.